The molecule has 1 unspecified atom stereocenters. The van der Waals surface area contributed by atoms with E-state index in [-0.39, 0.29) is 6.04 Å². The summed E-state index contributed by atoms with van der Waals surface area (Å²) >= 11 is 0. The van der Waals surface area contributed by atoms with Crippen LogP contribution in [-0.4, -0.2) is 0 Å². The van der Waals surface area contributed by atoms with Crippen LogP contribution in [0, 0.1) is 13.8 Å². The second kappa shape index (κ2) is 4.30. The predicted octanol–water partition coefficient (Wildman–Crippen LogP) is 3.85. The maximum Gasteiger partial charge on any atom is 0.134 e. The molecule has 0 fully saturated rings. The molecule has 0 amide bonds. The summed E-state index contributed by atoms with van der Waals surface area (Å²) in [7, 11) is 0. The van der Waals surface area contributed by atoms with E-state index in [9.17, 15) is 0 Å². The number of rotatable bonds is 3. The predicted molar refractivity (Wildman–Crippen MR) is 67.5 cm³/mol. The van der Waals surface area contributed by atoms with Gasteiger partial charge in [0.25, 0.3) is 0 Å². The normalized spacial score (nSPS) is 13.2. The van der Waals surface area contributed by atoms with Crippen LogP contribution in [0.2, 0.25) is 0 Å². The minimum atomic E-state index is 0.0259. The third-order valence-corrected chi connectivity index (χ3v) is 3.12. The SMILES string of the molecule is CCCC(N)c1cc2cc(C)c(C)cc2o1. The fourth-order valence-corrected chi connectivity index (χ4v) is 1.96. The van der Waals surface area contributed by atoms with Crippen molar-refractivity contribution in [3.63, 3.8) is 0 Å². The number of hydrogen-bond acceptors (Lipinski definition) is 2. The van der Waals surface area contributed by atoms with Gasteiger partial charge in [0.2, 0.25) is 0 Å². The van der Waals surface area contributed by atoms with Crippen LogP contribution in [0.1, 0.15) is 42.7 Å². The van der Waals surface area contributed by atoms with E-state index in [2.05, 4.69) is 39.0 Å². The van der Waals surface area contributed by atoms with E-state index in [1.807, 2.05) is 0 Å². The lowest BCUT2D eigenvalue weighted by Gasteiger charge is -2.04. The molecule has 0 spiro atoms. The summed E-state index contributed by atoms with van der Waals surface area (Å²) in [6.07, 6.45) is 2.05. The zero-order chi connectivity index (χ0) is 11.7. The van der Waals surface area contributed by atoms with Crippen molar-refractivity contribution in [2.24, 2.45) is 5.73 Å². The Morgan fingerprint density at radius 1 is 1.19 bits per heavy atom. The zero-order valence-electron chi connectivity index (χ0n) is 10.2. The Balaban J connectivity index is 2.43. The van der Waals surface area contributed by atoms with Crippen LogP contribution in [0.5, 0.6) is 0 Å². The first kappa shape index (κ1) is 11.2. The molecule has 0 radical (unpaired) electrons. The molecule has 0 bridgehead atoms. The van der Waals surface area contributed by atoms with Gasteiger partial charge >= 0.3 is 0 Å². The topological polar surface area (TPSA) is 39.2 Å². The molecule has 0 aliphatic heterocycles. The van der Waals surface area contributed by atoms with Crippen molar-refractivity contribution in [3.05, 3.63) is 35.1 Å². The second-order valence-electron chi connectivity index (χ2n) is 4.52. The van der Waals surface area contributed by atoms with E-state index in [0.29, 0.717) is 0 Å². The van der Waals surface area contributed by atoms with E-state index >= 15 is 0 Å². The molecular formula is C14H19NO. The monoisotopic (exact) mass is 217 g/mol. The number of nitrogens with two attached hydrogens (primary N) is 1. The highest BCUT2D eigenvalue weighted by Gasteiger charge is 2.11. The summed E-state index contributed by atoms with van der Waals surface area (Å²) in [5.74, 6) is 0.904. The molecule has 16 heavy (non-hydrogen) atoms. The van der Waals surface area contributed by atoms with E-state index < -0.39 is 0 Å². The van der Waals surface area contributed by atoms with Gasteiger partial charge in [0.1, 0.15) is 11.3 Å². The summed E-state index contributed by atoms with van der Waals surface area (Å²) in [5.41, 5.74) is 9.56. The van der Waals surface area contributed by atoms with Crippen molar-refractivity contribution in [2.45, 2.75) is 39.7 Å². The first-order valence-corrected chi connectivity index (χ1v) is 5.88. The van der Waals surface area contributed by atoms with Gasteiger partial charge in [0.05, 0.1) is 6.04 Å². The van der Waals surface area contributed by atoms with Gasteiger partial charge in [-0.15, -0.1) is 0 Å². The first-order valence-electron chi connectivity index (χ1n) is 5.88. The number of fused-ring (bicyclic) bond motifs is 1. The number of hydrogen-bond donors (Lipinski definition) is 1. The Morgan fingerprint density at radius 3 is 2.56 bits per heavy atom. The second-order valence-corrected chi connectivity index (χ2v) is 4.52. The van der Waals surface area contributed by atoms with Gasteiger partial charge in [-0.05, 0) is 49.6 Å². The van der Waals surface area contributed by atoms with Gasteiger partial charge in [-0.1, -0.05) is 13.3 Å². The maximum absolute atomic E-state index is 6.05. The molecule has 0 saturated heterocycles. The third kappa shape index (κ3) is 1.98. The first-order chi connectivity index (χ1) is 7.61. The molecule has 1 heterocycles. The van der Waals surface area contributed by atoms with E-state index in [0.717, 1.165) is 29.6 Å². The Kier molecular flexibility index (Phi) is 3.01. The highest BCUT2D eigenvalue weighted by Crippen LogP contribution is 2.27. The van der Waals surface area contributed by atoms with Gasteiger partial charge < -0.3 is 10.2 Å². The standard InChI is InChI=1S/C14H19NO/c1-4-5-12(15)14-8-11-6-9(2)10(3)7-13(11)16-14/h6-8,12H,4-5,15H2,1-3H3. The summed E-state index contributed by atoms with van der Waals surface area (Å²) in [4.78, 5) is 0. The number of aryl methyl sites for hydroxylation is 2. The van der Waals surface area contributed by atoms with Gasteiger partial charge in [-0.3, -0.25) is 0 Å². The van der Waals surface area contributed by atoms with Crippen LogP contribution in [0.15, 0.2) is 22.6 Å². The Hall–Kier alpha value is -1.28. The van der Waals surface area contributed by atoms with Crippen molar-refractivity contribution >= 4 is 11.0 Å². The highest BCUT2D eigenvalue weighted by atomic mass is 16.3. The molecule has 2 aromatic rings. The quantitative estimate of drug-likeness (QED) is 0.848. The van der Waals surface area contributed by atoms with Crippen LogP contribution >= 0.6 is 0 Å². The number of furan rings is 1. The van der Waals surface area contributed by atoms with Crippen molar-refractivity contribution in [1.82, 2.24) is 0 Å². The van der Waals surface area contributed by atoms with Gasteiger partial charge in [0.15, 0.2) is 0 Å². The van der Waals surface area contributed by atoms with Crippen LogP contribution in [0.25, 0.3) is 11.0 Å². The Labute approximate surface area is 96.4 Å². The zero-order valence-corrected chi connectivity index (χ0v) is 10.2. The molecule has 2 N–H and O–H groups in total. The number of benzene rings is 1. The third-order valence-electron chi connectivity index (χ3n) is 3.12. The molecule has 1 atom stereocenters. The largest absolute Gasteiger partial charge is 0.459 e. The van der Waals surface area contributed by atoms with Gasteiger partial charge in [0, 0.05) is 5.39 Å². The molecule has 2 heteroatoms. The summed E-state index contributed by atoms with van der Waals surface area (Å²) in [5, 5.41) is 1.16. The summed E-state index contributed by atoms with van der Waals surface area (Å²) in [6, 6.07) is 6.35. The van der Waals surface area contributed by atoms with Crippen molar-refractivity contribution in [2.75, 3.05) is 0 Å². The minimum absolute atomic E-state index is 0.0259. The molecule has 0 aliphatic rings. The van der Waals surface area contributed by atoms with Gasteiger partial charge in [-0.2, -0.15) is 0 Å². The Morgan fingerprint density at radius 2 is 1.88 bits per heavy atom. The fourth-order valence-electron chi connectivity index (χ4n) is 1.96. The summed E-state index contributed by atoms with van der Waals surface area (Å²) < 4.78 is 5.79. The fraction of sp³-hybridized carbons (Fsp3) is 0.429. The molecule has 0 saturated carbocycles. The molecule has 86 valence electrons. The van der Waals surface area contributed by atoms with Crippen LogP contribution in [0.4, 0.5) is 0 Å². The molecule has 1 aromatic heterocycles. The molecule has 0 aliphatic carbocycles. The Bertz CT molecular complexity index is 460. The van der Waals surface area contributed by atoms with Crippen LogP contribution < -0.4 is 5.73 Å². The highest BCUT2D eigenvalue weighted by molar-refractivity contribution is 5.79. The lowest BCUT2D eigenvalue weighted by Crippen LogP contribution is -2.08. The van der Waals surface area contributed by atoms with Gasteiger partial charge in [-0.25, -0.2) is 0 Å². The van der Waals surface area contributed by atoms with Crippen molar-refractivity contribution < 1.29 is 4.42 Å². The molecular weight excluding hydrogens is 198 g/mol. The van der Waals surface area contributed by atoms with Crippen molar-refractivity contribution in [3.8, 4) is 0 Å². The maximum atomic E-state index is 6.05. The average molecular weight is 217 g/mol. The van der Waals surface area contributed by atoms with Crippen molar-refractivity contribution in [1.29, 1.82) is 0 Å². The lowest BCUT2D eigenvalue weighted by molar-refractivity contribution is 0.475. The molecule has 1 aromatic carbocycles. The smallest absolute Gasteiger partial charge is 0.134 e. The lowest BCUT2D eigenvalue weighted by atomic mass is 10.1. The van der Waals surface area contributed by atoms with E-state index in [4.69, 9.17) is 10.2 Å². The average Bonchev–Trinajstić information content (AvgIpc) is 2.62. The molecule has 2 rings (SSSR count). The van der Waals surface area contributed by atoms with E-state index in [1.165, 1.54) is 11.1 Å². The molecule has 2 nitrogen and oxygen atoms in total. The van der Waals surface area contributed by atoms with E-state index in [1.54, 1.807) is 0 Å². The minimum Gasteiger partial charge on any atom is -0.459 e. The summed E-state index contributed by atoms with van der Waals surface area (Å²) in [6.45, 7) is 6.35. The van der Waals surface area contributed by atoms with Crippen LogP contribution in [0.3, 0.4) is 0 Å². The van der Waals surface area contributed by atoms with Crippen LogP contribution in [-0.2, 0) is 0 Å².